The van der Waals surface area contributed by atoms with E-state index in [2.05, 4.69) is 28.0 Å². The zero-order chi connectivity index (χ0) is 13.7. The van der Waals surface area contributed by atoms with Crippen LogP contribution >= 0.6 is 0 Å². The van der Waals surface area contributed by atoms with E-state index in [-0.39, 0.29) is 6.04 Å². The number of nitrogens with one attached hydrogen (secondary N) is 1. The normalized spacial score (nSPS) is 13.0. The molecule has 104 valence electrons. The third-order valence-electron chi connectivity index (χ3n) is 3.21. The van der Waals surface area contributed by atoms with Crippen LogP contribution in [-0.4, -0.2) is 28.8 Å². The first-order valence-electron chi connectivity index (χ1n) is 6.70. The van der Waals surface area contributed by atoms with Crippen LogP contribution in [0, 0.1) is 0 Å². The molecule has 3 N–H and O–H groups in total. The number of aromatic nitrogens is 2. The van der Waals surface area contributed by atoms with Crippen molar-refractivity contribution in [1.29, 1.82) is 0 Å². The summed E-state index contributed by atoms with van der Waals surface area (Å²) in [6.07, 6.45) is 1.77. The summed E-state index contributed by atoms with van der Waals surface area (Å²) in [4.78, 5) is 4.64. The molecule has 5 heteroatoms. The van der Waals surface area contributed by atoms with Crippen LogP contribution in [-0.2, 0) is 18.2 Å². The molecule has 1 aromatic carbocycles. The van der Waals surface area contributed by atoms with Crippen LogP contribution in [0.5, 0.6) is 0 Å². The summed E-state index contributed by atoms with van der Waals surface area (Å²) in [7, 11) is 2.03. The number of aryl methyl sites for hydroxylation is 1. The van der Waals surface area contributed by atoms with Gasteiger partial charge < -0.3 is 9.30 Å². The lowest BCUT2D eigenvalue weighted by molar-refractivity contribution is 0.111. The highest BCUT2D eigenvalue weighted by atomic mass is 16.5. The summed E-state index contributed by atoms with van der Waals surface area (Å²) in [5.74, 6) is 6.60. The Morgan fingerprint density at radius 2 is 2.21 bits per heavy atom. The summed E-state index contributed by atoms with van der Waals surface area (Å²) in [6.45, 7) is 3.46. The third-order valence-corrected chi connectivity index (χ3v) is 3.21. The van der Waals surface area contributed by atoms with E-state index in [0.29, 0.717) is 6.61 Å². The molecule has 0 aliphatic rings. The minimum atomic E-state index is 0.0852. The fourth-order valence-corrected chi connectivity index (χ4v) is 2.13. The fraction of sp³-hybridized carbons (Fsp3) is 0.500. The summed E-state index contributed by atoms with van der Waals surface area (Å²) in [6, 6.07) is 8.21. The molecule has 1 atom stereocenters. The molecule has 2 aromatic rings. The lowest BCUT2D eigenvalue weighted by Gasteiger charge is -2.15. The molecule has 19 heavy (non-hydrogen) atoms. The van der Waals surface area contributed by atoms with E-state index in [9.17, 15) is 0 Å². The van der Waals surface area contributed by atoms with Gasteiger partial charge in [0.05, 0.1) is 23.7 Å². The molecule has 1 unspecified atom stereocenters. The largest absolute Gasteiger partial charge is 0.380 e. The number of benzene rings is 1. The predicted molar refractivity (Wildman–Crippen MR) is 76.6 cm³/mol. The van der Waals surface area contributed by atoms with Gasteiger partial charge in [-0.05, 0) is 18.6 Å². The monoisotopic (exact) mass is 262 g/mol. The highest BCUT2D eigenvalue weighted by Gasteiger charge is 2.13. The molecular formula is C14H22N4O. The molecule has 0 aliphatic carbocycles. The molecule has 5 nitrogen and oxygen atoms in total. The number of rotatable bonds is 7. The van der Waals surface area contributed by atoms with Crippen LogP contribution in [0.15, 0.2) is 24.3 Å². The van der Waals surface area contributed by atoms with Gasteiger partial charge in [-0.15, -0.1) is 0 Å². The van der Waals surface area contributed by atoms with E-state index in [4.69, 9.17) is 10.6 Å². The average Bonchev–Trinajstić information content (AvgIpc) is 2.75. The Bertz CT molecular complexity index is 523. The second-order valence-corrected chi connectivity index (χ2v) is 4.72. The van der Waals surface area contributed by atoms with Crippen LogP contribution in [0.3, 0.4) is 0 Å². The van der Waals surface area contributed by atoms with Gasteiger partial charge in [0.25, 0.3) is 0 Å². The molecule has 0 aliphatic heterocycles. The van der Waals surface area contributed by atoms with Crippen molar-refractivity contribution in [2.45, 2.75) is 25.8 Å². The van der Waals surface area contributed by atoms with E-state index in [1.807, 2.05) is 25.2 Å². The first-order valence-corrected chi connectivity index (χ1v) is 6.70. The maximum absolute atomic E-state index is 5.58. The molecule has 2 rings (SSSR count). The number of hydrogen-bond donors (Lipinski definition) is 2. The van der Waals surface area contributed by atoms with Crippen LogP contribution < -0.4 is 11.3 Å². The number of nitrogens with zero attached hydrogens (tertiary/aromatic N) is 2. The second-order valence-electron chi connectivity index (χ2n) is 4.72. The number of para-hydroxylation sites is 2. The molecule has 0 spiro atoms. The molecule has 0 radical (unpaired) electrons. The van der Waals surface area contributed by atoms with Gasteiger partial charge in [0.1, 0.15) is 5.82 Å². The van der Waals surface area contributed by atoms with Crippen molar-refractivity contribution in [2.75, 3.05) is 13.2 Å². The average molecular weight is 262 g/mol. The fourth-order valence-electron chi connectivity index (χ4n) is 2.13. The van der Waals surface area contributed by atoms with Gasteiger partial charge >= 0.3 is 0 Å². The van der Waals surface area contributed by atoms with Gasteiger partial charge in [0, 0.05) is 20.1 Å². The van der Waals surface area contributed by atoms with Gasteiger partial charge in [0.2, 0.25) is 0 Å². The third kappa shape index (κ3) is 3.32. The lowest BCUT2D eigenvalue weighted by atomic mass is 10.2. The van der Waals surface area contributed by atoms with Crippen LogP contribution in [0.4, 0.5) is 0 Å². The molecule has 0 saturated carbocycles. The summed E-state index contributed by atoms with van der Waals surface area (Å²) in [5, 5.41) is 0. The van der Waals surface area contributed by atoms with E-state index in [0.717, 1.165) is 36.3 Å². The number of nitrogens with two attached hydrogens (primary N) is 1. The summed E-state index contributed by atoms with van der Waals surface area (Å²) < 4.78 is 7.65. The van der Waals surface area contributed by atoms with Gasteiger partial charge in [-0.3, -0.25) is 11.3 Å². The lowest BCUT2D eigenvalue weighted by Crippen LogP contribution is -2.41. The Kier molecular flexibility index (Phi) is 4.90. The predicted octanol–water partition coefficient (Wildman–Crippen LogP) is 1.37. The van der Waals surface area contributed by atoms with Crippen LogP contribution in [0.1, 0.15) is 19.2 Å². The molecule has 0 bridgehead atoms. The molecule has 1 heterocycles. The van der Waals surface area contributed by atoms with Crippen molar-refractivity contribution >= 4 is 11.0 Å². The van der Waals surface area contributed by atoms with E-state index in [1.165, 1.54) is 0 Å². The number of hydrazine groups is 1. The van der Waals surface area contributed by atoms with Crippen molar-refractivity contribution in [3.8, 4) is 0 Å². The number of imidazole rings is 1. The Morgan fingerprint density at radius 3 is 2.89 bits per heavy atom. The summed E-state index contributed by atoms with van der Waals surface area (Å²) in [5.41, 5.74) is 4.96. The number of ether oxygens (including phenoxy) is 1. The molecule has 0 fully saturated rings. The van der Waals surface area contributed by atoms with Crippen molar-refractivity contribution in [2.24, 2.45) is 12.9 Å². The number of fused-ring (bicyclic) bond motifs is 1. The highest BCUT2D eigenvalue weighted by Crippen LogP contribution is 2.15. The van der Waals surface area contributed by atoms with Crippen LogP contribution in [0.2, 0.25) is 0 Å². The van der Waals surface area contributed by atoms with Crippen LogP contribution in [0.25, 0.3) is 11.0 Å². The first kappa shape index (κ1) is 14.0. The van der Waals surface area contributed by atoms with Gasteiger partial charge in [0.15, 0.2) is 0 Å². The minimum Gasteiger partial charge on any atom is -0.380 e. The molecule has 1 aromatic heterocycles. The maximum atomic E-state index is 5.58. The SMILES string of the molecule is CCCOCC(Cc1nc2ccccc2n1C)NN. The minimum absolute atomic E-state index is 0.0852. The number of hydrogen-bond acceptors (Lipinski definition) is 4. The Hall–Kier alpha value is -1.43. The van der Waals surface area contributed by atoms with Crippen molar-refractivity contribution in [3.05, 3.63) is 30.1 Å². The smallest absolute Gasteiger partial charge is 0.111 e. The van der Waals surface area contributed by atoms with Gasteiger partial charge in [-0.1, -0.05) is 19.1 Å². The van der Waals surface area contributed by atoms with Gasteiger partial charge in [-0.25, -0.2) is 4.98 Å². The first-order chi connectivity index (χ1) is 9.26. The Morgan fingerprint density at radius 1 is 1.42 bits per heavy atom. The standard InChI is InChI=1S/C14H22N4O/c1-3-8-19-10-11(17-15)9-14-16-12-6-4-5-7-13(12)18(14)2/h4-7,11,17H,3,8-10,15H2,1-2H3. The molecular weight excluding hydrogens is 240 g/mol. The second kappa shape index (κ2) is 6.65. The summed E-state index contributed by atoms with van der Waals surface area (Å²) >= 11 is 0. The van der Waals surface area contributed by atoms with Gasteiger partial charge in [-0.2, -0.15) is 0 Å². The Balaban J connectivity index is 2.08. The zero-order valence-corrected chi connectivity index (χ0v) is 11.6. The molecule has 0 saturated heterocycles. The Labute approximate surface area is 113 Å². The zero-order valence-electron chi connectivity index (χ0n) is 11.6. The van der Waals surface area contributed by atoms with E-state index in [1.54, 1.807) is 0 Å². The van der Waals surface area contributed by atoms with E-state index < -0.39 is 0 Å². The van der Waals surface area contributed by atoms with Crippen molar-refractivity contribution < 1.29 is 4.74 Å². The maximum Gasteiger partial charge on any atom is 0.111 e. The van der Waals surface area contributed by atoms with E-state index >= 15 is 0 Å². The van der Waals surface area contributed by atoms with Crippen molar-refractivity contribution in [1.82, 2.24) is 15.0 Å². The van der Waals surface area contributed by atoms with Crippen molar-refractivity contribution in [3.63, 3.8) is 0 Å². The topological polar surface area (TPSA) is 65.1 Å². The quantitative estimate of drug-likeness (QED) is 0.449. The molecule has 0 amide bonds. The highest BCUT2D eigenvalue weighted by molar-refractivity contribution is 5.75.